The van der Waals surface area contributed by atoms with E-state index in [1.165, 1.54) is 5.56 Å². The fraction of sp³-hybridized carbons (Fsp3) is 0.440. The minimum atomic E-state index is -3.63. The maximum absolute atomic E-state index is 12.7. The smallest absolute Gasteiger partial charge is 0.240 e. The van der Waals surface area contributed by atoms with Crippen molar-refractivity contribution < 1.29 is 18.0 Å². The van der Waals surface area contributed by atoms with Gasteiger partial charge in [0.1, 0.15) is 0 Å². The van der Waals surface area contributed by atoms with Gasteiger partial charge in [0.05, 0.1) is 4.90 Å². The number of ketones is 1. The average molecular weight is 470 g/mol. The quantitative estimate of drug-likeness (QED) is 0.630. The zero-order valence-electron chi connectivity index (χ0n) is 19.0. The molecular weight excluding hydrogens is 438 g/mol. The number of hydrogen-bond acceptors (Lipinski definition) is 5. The Morgan fingerprint density at radius 3 is 2.24 bits per heavy atom. The predicted octanol–water partition coefficient (Wildman–Crippen LogP) is 2.79. The van der Waals surface area contributed by atoms with Crippen LogP contribution < -0.4 is 9.62 Å². The van der Waals surface area contributed by atoms with Gasteiger partial charge in [0.2, 0.25) is 15.9 Å². The van der Waals surface area contributed by atoms with Crippen LogP contribution in [0.3, 0.4) is 0 Å². The summed E-state index contributed by atoms with van der Waals surface area (Å²) >= 11 is 0. The lowest BCUT2D eigenvalue weighted by molar-refractivity contribution is -0.131. The Balaban J connectivity index is 1.25. The monoisotopic (exact) mass is 469 g/mol. The fourth-order valence-corrected chi connectivity index (χ4v) is 5.61. The van der Waals surface area contributed by atoms with Gasteiger partial charge in [-0.15, -0.1) is 0 Å². The number of fused-ring (bicyclic) bond motifs is 1. The van der Waals surface area contributed by atoms with Crippen molar-refractivity contribution in [3.8, 4) is 0 Å². The van der Waals surface area contributed by atoms with Crippen LogP contribution in [-0.2, 0) is 27.7 Å². The van der Waals surface area contributed by atoms with Crippen molar-refractivity contribution >= 4 is 27.4 Å². The Labute approximate surface area is 195 Å². The molecule has 0 saturated carbocycles. The maximum Gasteiger partial charge on any atom is 0.240 e. The highest BCUT2D eigenvalue weighted by atomic mass is 32.2. The van der Waals surface area contributed by atoms with E-state index in [0.29, 0.717) is 31.7 Å². The Bertz CT molecular complexity index is 1120. The molecule has 1 aliphatic heterocycles. The van der Waals surface area contributed by atoms with Crippen molar-refractivity contribution in [2.24, 2.45) is 0 Å². The number of carbonyl (C=O) groups is 2. The number of rotatable bonds is 7. The summed E-state index contributed by atoms with van der Waals surface area (Å²) in [5.74, 6) is -0.00562. The van der Waals surface area contributed by atoms with Crippen LogP contribution in [0, 0.1) is 0 Å². The number of amides is 1. The molecule has 1 aliphatic carbocycles. The van der Waals surface area contributed by atoms with Gasteiger partial charge in [0, 0.05) is 50.4 Å². The van der Waals surface area contributed by atoms with E-state index in [4.69, 9.17) is 0 Å². The lowest BCUT2D eigenvalue weighted by Gasteiger charge is -2.36. The first-order chi connectivity index (χ1) is 15.8. The molecule has 2 aliphatic rings. The van der Waals surface area contributed by atoms with Gasteiger partial charge in [-0.3, -0.25) is 9.59 Å². The molecule has 8 heteroatoms. The number of aryl methyl sites for hydroxylation is 2. The van der Waals surface area contributed by atoms with Crippen LogP contribution in [-0.4, -0.2) is 57.7 Å². The maximum atomic E-state index is 12.7. The molecule has 1 saturated heterocycles. The highest BCUT2D eigenvalue weighted by molar-refractivity contribution is 7.89. The number of Topliss-reactive ketones (excluding diaryl/α,β-unsaturated/α-hetero) is 1. The van der Waals surface area contributed by atoms with Crippen LogP contribution >= 0.6 is 0 Å². The Morgan fingerprint density at radius 2 is 1.58 bits per heavy atom. The normalized spacial score (nSPS) is 16.4. The molecule has 2 aromatic carbocycles. The first-order valence-electron chi connectivity index (χ1n) is 11.6. The molecule has 0 atom stereocenters. The van der Waals surface area contributed by atoms with Crippen LogP contribution in [0.25, 0.3) is 0 Å². The van der Waals surface area contributed by atoms with Crippen LogP contribution in [0.5, 0.6) is 0 Å². The first kappa shape index (κ1) is 23.4. The second-order valence-corrected chi connectivity index (χ2v) is 10.5. The van der Waals surface area contributed by atoms with Crippen molar-refractivity contribution in [3.05, 3.63) is 59.2 Å². The van der Waals surface area contributed by atoms with E-state index in [2.05, 4.69) is 9.62 Å². The Kier molecular flexibility index (Phi) is 7.14. The molecule has 7 nitrogen and oxygen atoms in total. The first-order valence-corrected chi connectivity index (χ1v) is 13.1. The molecule has 0 spiro atoms. The van der Waals surface area contributed by atoms with Crippen molar-refractivity contribution in [1.82, 2.24) is 9.62 Å². The molecule has 33 heavy (non-hydrogen) atoms. The predicted molar refractivity (Wildman–Crippen MR) is 128 cm³/mol. The third kappa shape index (κ3) is 5.62. The minimum Gasteiger partial charge on any atom is -0.368 e. The molecule has 0 bridgehead atoms. The Hall–Kier alpha value is -2.71. The molecule has 176 valence electrons. The van der Waals surface area contributed by atoms with Crippen LogP contribution in [0.1, 0.15) is 47.7 Å². The highest BCUT2D eigenvalue weighted by Gasteiger charge is 2.22. The van der Waals surface area contributed by atoms with E-state index in [-0.39, 0.29) is 29.6 Å². The second-order valence-electron chi connectivity index (χ2n) is 8.76. The summed E-state index contributed by atoms with van der Waals surface area (Å²) in [6.45, 7) is 4.21. The van der Waals surface area contributed by atoms with E-state index < -0.39 is 10.0 Å². The highest BCUT2D eigenvalue weighted by Crippen LogP contribution is 2.24. The van der Waals surface area contributed by atoms with Crippen molar-refractivity contribution in [2.45, 2.75) is 43.9 Å². The number of benzene rings is 2. The second kappa shape index (κ2) is 10.1. The van der Waals surface area contributed by atoms with Gasteiger partial charge in [0.15, 0.2) is 5.78 Å². The summed E-state index contributed by atoms with van der Waals surface area (Å²) in [7, 11) is -3.63. The molecular formula is C25H31N3O4S. The number of nitrogens with zero attached hydrogens (tertiary/aromatic N) is 2. The molecule has 1 fully saturated rings. The average Bonchev–Trinajstić information content (AvgIpc) is 2.83. The molecule has 0 aromatic heterocycles. The molecule has 0 radical (unpaired) electrons. The summed E-state index contributed by atoms with van der Waals surface area (Å²) < 4.78 is 27.9. The van der Waals surface area contributed by atoms with E-state index in [0.717, 1.165) is 36.9 Å². The number of anilines is 1. The molecule has 1 amide bonds. The van der Waals surface area contributed by atoms with Crippen molar-refractivity contribution in [3.63, 3.8) is 0 Å². The third-order valence-corrected chi connectivity index (χ3v) is 7.99. The SMILES string of the molecule is CC(=O)c1ccc(N2CCN(C(=O)CCNS(=O)(=O)c3ccc4c(c3)CCCC4)CC2)cc1. The Morgan fingerprint density at radius 1 is 0.909 bits per heavy atom. The zero-order chi connectivity index (χ0) is 23.4. The lowest BCUT2D eigenvalue weighted by atomic mass is 9.92. The summed E-state index contributed by atoms with van der Waals surface area (Å²) in [6.07, 6.45) is 4.31. The molecule has 1 N–H and O–H groups in total. The number of sulfonamides is 1. The minimum absolute atomic E-state index is 0.0409. The van der Waals surface area contributed by atoms with Crippen LogP contribution in [0.2, 0.25) is 0 Å². The van der Waals surface area contributed by atoms with E-state index in [1.54, 1.807) is 24.0 Å². The number of hydrogen-bond donors (Lipinski definition) is 1. The molecule has 2 aromatic rings. The van der Waals surface area contributed by atoms with Gasteiger partial charge in [-0.05, 0) is 80.1 Å². The zero-order valence-corrected chi connectivity index (χ0v) is 19.9. The standard InChI is InChI=1S/C25H31N3O4S/c1-19(29)20-6-9-23(10-7-20)27-14-16-28(17-15-27)25(30)12-13-26-33(31,32)24-11-8-21-4-2-3-5-22(21)18-24/h6-11,18,26H,2-5,12-17H2,1H3. The third-order valence-electron chi connectivity index (χ3n) is 6.53. The van der Waals surface area contributed by atoms with Gasteiger partial charge in [-0.2, -0.15) is 0 Å². The summed E-state index contributed by atoms with van der Waals surface area (Å²) in [4.78, 5) is 28.3. The van der Waals surface area contributed by atoms with Gasteiger partial charge in [0.25, 0.3) is 0 Å². The summed E-state index contributed by atoms with van der Waals surface area (Å²) in [5, 5.41) is 0. The van der Waals surface area contributed by atoms with Crippen LogP contribution in [0.4, 0.5) is 5.69 Å². The topological polar surface area (TPSA) is 86.8 Å². The summed E-state index contributed by atoms with van der Waals surface area (Å²) in [6, 6.07) is 12.9. The van der Waals surface area contributed by atoms with Crippen LogP contribution in [0.15, 0.2) is 47.4 Å². The molecule has 4 rings (SSSR count). The molecule has 1 heterocycles. The fourth-order valence-electron chi connectivity index (χ4n) is 4.53. The van der Waals surface area contributed by atoms with E-state index in [1.807, 2.05) is 30.3 Å². The molecule has 0 unspecified atom stereocenters. The van der Waals surface area contributed by atoms with Gasteiger partial charge in [-0.1, -0.05) is 6.07 Å². The number of piperazine rings is 1. The number of nitrogens with one attached hydrogen (secondary N) is 1. The van der Waals surface area contributed by atoms with E-state index >= 15 is 0 Å². The largest absolute Gasteiger partial charge is 0.368 e. The lowest BCUT2D eigenvalue weighted by Crippen LogP contribution is -2.49. The number of carbonyl (C=O) groups excluding carboxylic acids is 2. The van der Waals surface area contributed by atoms with Crippen molar-refractivity contribution in [2.75, 3.05) is 37.6 Å². The van der Waals surface area contributed by atoms with Crippen molar-refractivity contribution in [1.29, 1.82) is 0 Å². The summed E-state index contributed by atoms with van der Waals surface area (Å²) in [5.41, 5.74) is 4.08. The van der Waals surface area contributed by atoms with Gasteiger partial charge >= 0.3 is 0 Å². The van der Waals surface area contributed by atoms with E-state index in [9.17, 15) is 18.0 Å². The van der Waals surface area contributed by atoms with Gasteiger partial charge in [-0.25, -0.2) is 13.1 Å². The van der Waals surface area contributed by atoms with Gasteiger partial charge < -0.3 is 9.80 Å².